The molecular formula is C18H24BrN. The molecule has 0 saturated heterocycles. The molecule has 4 saturated carbocycles. The highest BCUT2D eigenvalue weighted by Gasteiger charge is 2.48. The van der Waals surface area contributed by atoms with Crippen LogP contribution in [0.3, 0.4) is 0 Å². The van der Waals surface area contributed by atoms with Crippen LogP contribution in [-0.2, 0) is 0 Å². The molecule has 0 amide bonds. The monoisotopic (exact) mass is 333 g/mol. The summed E-state index contributed by atoms with van der Waals surface area (Å²) < 4.78 is 1.20. The molecule has 0 aromatic heterocycles. The number of anilines is 1. The van der Waals surface area contributed by atoms with Crippen LogP contribution in [0.1, 0.15) is 43.2 Å². The van der Waals surface area contributed by atoms with Crippen LogP contribution in [0.15, 0.2) is 16.6 Å². The van der Waals surface area contributed by atoms with E-state index in [0.29, 0.717) is 0 Å². The summed E-state index contributed by atoms with van der Waals surface area (Å²) in [7, 11) is 0. The van der Waals surface area contributed by atoms with Crippen molar-refractivity contribution in [3.05, 3.63) is 27.7 Å². The van der Waals surface area contributed by atoms with E-state index in [1.54, 1.807) is 0 Å². The topological polar surface area (TPSA) is 12.0 Å². The Labute approximate surface area is 130 Å². The molecule has 1 nitrogen and oxygen atoms in total. The first-order chi connectivity index (χ1) is 9.60. The molecule has 0 heterocycles. The van der Waals surface area contributed by atoms with Gasteiger partial charge in [-0.1, -0.05) is 15.9 Å². The summed E-state index contributed by atoms with van der Waals surface area (Å²) in [4.78, 5) is 0. The number of rotatable bonds is 2. The lowest BCUT2D eigenvalue weighted by molar-refractivity contribution is 0.00751. The molecule has 0 radical (unpaired) electrons. The number of halogens is 1. The summed E-state index contributed by atoms with van der Waals surface area (Å²) in [5.74, 6) is 3.99. The fourth-order valence-corrected chi connectivity index (χ4v) is 6.15. The standard InChI is InChI=1S/C18H24BrN/c1-10-3-16(19)4-11(2)17(10)20-18-14-6-12-5-13(8-14)9-15(18)7-12/h3-4,12-15,18,20H,5-9H2,1-2H3. The molecule has 4 bridgehead atoms. The van der Waals surface area contributed by atoms with E-state index in [0.717, 1.165) is 29.7 Å². The molecule has 4 fully saturated rings. The maximum Gasteiger partial charge on any atom is 0.0402 e. The van der Waals surface area contributed by atoms with Crippen molar-refractivity contribution >= 4 is 21.6 Å². The average Bonchev–Trinajstić information content (AvgIpc) is 2.35. The van der Waals surface area contributed by atoms with Crippen LogP contribution < -0.4 is 5.32 Å². The van der Waals surface area contributed by atoms with E-state index in [1.165, 1.54) is 53.4 Å². The van der Waals surface area contributed by atoms with E-state index in [-0.39, 0.29) is 0 Å². The van der Waals surface area contributed by atoms with Gasteiger partial charge in [0.2, 0.25) is 0 Å². The normalized spacial score (nSPS) is 38.2. The van der Waals surface area contributed by atoms with E-state index >= 15 is 0 Å². The van der Waals surface area contributed by atoms with Crippen LogP contribution in [0, 0.1) is 37.5 Å². The van der Waals surface area contributed by atoms with Crippen molar-refractivity contribution in [2.45, 2.75) is 52.0 Å². The fourth-order valence-electron chi connectivity index (χ4n) is 5.47. The molecule has 20 heavy (non-hydrogen) atoms. The second-order valence-corrected chi connectivity index (χ2v) is 8.43. The zero-order valence-electron chi connectivity index (χ0n) is 12.5. The molecule has 0 atom stereocenters. The lowest BCUT2D eigenvalue weighted by Gasteiger charge is -2.54. The van der Waals surface area contributed by atoms with Crippen LogP contribution in [0.2, 0.25) is 0 Å². The van der Waals surface area contributed by atoms with Gasteiger partial charge in [0.1, 0.15) is 0 Å². The first kappa shape index (κ1) is 13.2. The first-order valence-corrected chi connectivity index (χ1v) is 8.92. The Kier molecular flexibility index (Phi) is 3.14. The summed E-state index contributed by atoms with van der Waals surface area (Å²) >= 11 is 3.61. The highest BCUT2D eigenvalue weighted by molar-refractivity contribution is 9.10. The van der Waals surface area contributed by atoms with Crippen molar-refractivity contribution in [3.63, 3.8) is 0 Å². The molecule has 5 rings (SSSR count). The Hall–Kier alpha value is -0.500. The minimum absolute atomic E-state index is 0.737. The summed E-state index contributed by atoms with van der Waals surface area (Å²) in [5.41, 5.74) is 4.15. The van der Waals surface area contributed by atoms with Gasteiger partial charge in [0, 0.05) is 16.2 Å². The van der Waals surface area contributed by atoms with Gasteiger partial charge >= 0.3 is 0 Å². The molecule has 0 spiro atoms. The Bertz CT molecular complexity index is 485. The Morgan fingerprint density at radius 3 is 1.90 bits per heavy atom. The van der Waals surface area contributed by atoms with Gasteiger partial charge in [-0.25, -0.2) is 0 Å². The van der Waals surface area contributed by atoms with Gasteiger partial charge in [-0.2, -0.15) is 0 Å². The average molecular weight is 334 g/mol. The Morgan fingerprint density at radius 1 is 0.900 bits per heavy atom. The second-order valence-electron chi connectivity index (χ2n) is 7.52. The third-order valence-electron chi connectivity index (χ3n) is 6.04. The van der Waals surface area contributed by atoms with Crippen LogP contribution in [-0.4, -0.2) is 6.04 Å². The van der Waals surface area contributed by atoms with Crippen LogP contribution >= 0.6 is 15.9 Å². The number of hydrogen-bond donors (Lipinski definition) is 1. The molecule has 2 heteroatoms. The quantitative estimate of drug-likeness (QED) is 0.773. The van der Waals surface area contributed by atoms with Gasteiger partial charge < -0.3 is 5.32 Å². The Balaban J connectivity index is 1.61. The number of aryl methyl sites for hydroxylation is 2. The first-order valence-electron chi connectivity index (χ1n) is 8.13. The van der Waals surface area contributed by atoms with E-state index in [9.17, 15) is 0 Å². The van der Waals surface area contributed by atoms with E-state index < -0.39 is 0 Å². The third-order valence-corrected chi connectivity index (χ3v) is 6.49. The highest BCUT2D eigenvalue weighted by atomic mass is 79.9. The molecule has 0 unspecified atom stereocenters. The largest absolute Gasteiger partial charge is 0.381 e. The fraction of sp³-hybridized carbons (Fsp3) is 0.667. The number of hydrogen-bond acceptors (Lipinski definition) is 1. The van der Waals surface area contributed by atoms with Gasteiger partial charge in [0.15, 0.2) is 0 Å². The minimum atomic E-state index is 0.737. The number of benzene rings is 1. The van der Waals surface area contributed by atoms with Gasteiger partial charge in [-0.15, -0.1) is 0 Å². The van der Waals surface area contributed by atoms with Gasteiger partial charge in [-0.05, 0) is 92.9 Å². The van der Waals surface area contributed by atoms with Gasteiger partial charge in [0.05, 0.1) is 0 Å². The third kappa shape index (κ3) is 2.11. The predicted octanol–water partition coefficient (Wildman–Crippen LogP) is 5.30. The zero-order chi connectivity index (χ0) is 13.9. The molecule has 4 aliphatic rings. The van der Waals surface area contributed by atoms with Crippen molar-refractivity contribution in [2.24, 2.45) is 23.7 Å². The van der Waals surface area contributed by atoms with Crippen LogP contribution in [0.25, 0.3) is 0 Å². The Morgan fingerprint density at radius 2 is 1.40 bits per heavy atom. The van der Waals surface area contributed by atoms with E-state index in [4.69, 9.17) is 0 Å². The second kappa shape index (κ2) is 4.76. The maximum absolute atomic E-state index is 3.97. The molecule has 1 N–H and O–H groups in total. The molecule has 1 aromatic rings. The van der Waals surface area contributed by atoms with Crippen molar-refractivity contribution in [1.82, 2.24) is 0 Å². The zero-order valence-corrected chi connectivity index (χ0v) is 14.0. The summed E-state index contributed by atoms with van der Waals surface area (Å²) in [6.45, 7) is 4.46. The van der Waals surface area contributed by atoms with Crippen LogP contribution in [0.4, 0.5) is 5.69 Å². The smallest absolute Gasteiger partial charge is 0.0402 e. The lowest BCUT2D eigenvalue weighted by Crippen LogP contribution is -2.51. The summed E-state index contributed by atoms with van der Waals surface area (Å²) in [6, 6.07) is 5.22. The van der Waals surface area contributed by atoms with Crippen LogP contribution in [0.5, 0.6) is 0 Å². The molecular weight excluding hydrogens is 310 g/mol. The van der Waals surface area contributed by atoms with E-state index in [2.05, 4.69) is 47.2 Å². The molecule has 1 aromatic carbocycles. The minimum Gasteiger partial charge on any atom is -0.381 e. The van der Waals surface area contributed by atoms with Crippen molar-refractivity contribution in [2.75, 3.05) is 5.32 Å². The molecule has 108 valence electrons. The van der Waals surface area contributed by atoms with Crippen molar-refractivity contribution in [3.8, 4) is 0 Å². The van der Waals surface area contributed by atoms with E-state index in [1.807, 2.05) is 0 Å². The lowest BCUT2D eigenvalue weighted by atomic mass is 9.54. The molecule has 0 aliphatic heterocycles. The SMILES string of the molecule is Cc1cc(Br)cc(C)c1NC1C2CC3CC(C2)CC1C3. The summed E-state index contributed by atoms with van der Waals surface area (Å²) in [6.07, 6.45) is 7.48. The highest BCUT2D eigenvalue weighted by Crippen LogP contribution is 2.54. The molecule has 4 aliphatic carbocycles. The van der Waals surface area contributed by atoms with Gasteiger partial charge in [-0.3, -0.25) is 0 Å². The van der Waals surface area contributed by atoms with Gasteiger partial charge in [0.25, 0.3) is 0 Å². The summed E-state index contributed by atoms with van der Waals surface area (Å²) in [5, 5.41) is 3.97. The number of nitrogens with one attached hydrogen (secondary N) is 1. The van der Waals surface area contributed by atoms with Crippen molar-refractivity contribution in [1.29, 1.82) is 0 Å². The maximum atomic E-state index is 3.97. The predicted molar refractivity (Wildman–Crippen MR) is 88.1 cm³/mol. The van der Waals surface area contributed by atoms with Crippen molar-refractivity contribution < 1.29 is 0 Å².